The summed E-state index contributed by atoms with van der Waals surface area (Å²) in [6.07, 6.45) is 4.80. The van der Waals surface area contributed by atoms with Gasteiger partial charge in [0.05, 0.1) is 12.7 Å². The molecular weight excluding hydrogens is 132 g/mol. The Morgan fingerprint density at radius 2 is 2.22 bits per heavy atom. The zero-order valence-electron chi connectivity index (χ0n) is 5.51. The maximum absolute atomic E-state index is 5.10. The fourth-order valence-electron chi connectivity index (χ4n) is 1.04. The van der Waals surface area contributed by atoms with Crippen LogP contribution < -0.4 is 0 Å². The first-order valence-corrected chi connectivity index (χ1v) is 4.73. The van der Waals surface area contributed by atoms with Gasteiger partial charge in [-0.2, -0.15) is 11.8 Å². The summed E-state index contributed by atoms with van der Waals surface area (Å²) in [6.45, 7) is 1.04. The zero-order valence-corrected chi connectivity index (χ0v) is 6.32. The molecule has 0 amide bonds. The van der Waals surface area contributed by atoms with Crippen LogP contribution >= 0.6 is 11.8 Å². The van der Waals surface area contributed by atoms with E-state index in [0.29, 0.717) is 6.10 Å². The van der Waals surface area contributed by atoms with Gasteiger partial charge in [0.1, 0.15) is 0 Å². The monoisotopic (exact) mass is 144 g/mol. The molecule has 2 aliphatic rings. The normalized spacial score (nSPS) is 38.7. The third-order valence-corrected chi connectivity index (χ3v) is 2.90. The van der Waals surface area contributed by atoms with Gasteiger partial charge in [-0.3, -0.25) is 0 Å². The first-order valence-electron chi connectivity index (χ1n) is 3.68. The number of hydrogen-bond donors (Lipinski definition) is 0. The van der Waals surface area contributed by atoms with Crippen molar-refractivity contribution in [2.45, 2.75) is 30.6 Å². The molecule has 2 fully saturated rings. The van der Waals surface area contributed by atoms with E-state index >= 15 is 0 Å². The van der Waals surface area contributed by atoms with Gasteiger partial charge in [0.2, 0.25) is 0 Å². The van der Waals surface area contributed by atoms with Crippen LogP contribution in [0.15, 0.2) is 0 Å². The van der Waals surface area contributed by atoms with Crippen LogP contribution in [-0.4, -0.2) is 23.7 Å². The average Bonchev–Trinajstić information content (AvgIpc) is 2.57. The first kappa shape index (κ1) is 6.05. The van der Waals surface area contributed by atoms with Crippen molar-refractivity contribution in [1.82, 2.24) is 0 Å². The summed E-state index contributed by atoms with van der Waals surface area (Å²) < 4.78 is 5.10. The first-order chi connectivity index (χ1) is 4.45. The maximum atomic E-state index is 5.10. The molecule has 1 nitrogen and oxygen atoms in total. The number of thioether (sulfide) groups is 1. The van der Waals surface area contributed by atoms with E-state index in [2.05, 4.69) is 11.8 Å². The highest BCUT2D eigenvalue weighted by molar-refractivity contribution is 8.06. The maximum Gasteiger partial charge on any atom is 0.0810 e. The third-order valence-electron chi connectivity index (χ3n) is 1.86. The fourth-order valence-corrected chi connectivity index (χ4v) is 1.68. The molecule has 2 saturated heterocycles. The van der Waals surface area contributed by atoms with Crippen molar-refractivity contribution in [3.63, 3.8) is 0 Å². The molecule has 0 N–H and O–H groups in total. The molecule has 52 valence electrons. The lowest BCUT2D eigenvalue weighted by Crippen LogP contribution is -1.88. The molecule has 9 heavy (non-hydrogen) atoms. The predicted molar refractivity (Wildman–Crippen MR) is 39.8 cm³/mol. The molecule has 2 heterocycles. The van der Waals surface area contributed by atoms with Gasteiger partial charge in [-0.25, -0.2) is 0 Å². The number of epoxide rings is 1. The Hall–Kier alpha value is 0.310. The van der Waals surface area contributed by atoms with Crippen molar-refractivity contribution in [3.8, 4) is 0 Å². The molecule has 2 rings (SSSR count). The van der Waals surface area contributed by atoms with Gasteiger partial charge in [-0.05, 0) is 19.3 Å². The van der Waals surface area contributed by atoms with E-state index in [-0.39, 0.29) is 0 Å². The highest BCUT2D eigenvalue weighted by Gasteiger charge is 2.25. The van der Waals surface area contributed by atoms with Gasteiger partial charge in [-0.15, -0.1) is 0 Å². The molecule has 2 unspecified atom stereocenters. The fraction of sp³-hybridized carbons (Fsp3) is 1.00. The van der Waals surface area contributed by atoms with Gasteiger partial charge in [0.25, 0.3) is 0 Å². The van der Waals surface area contributed by atoms with Gasteiger partial charge >= 0.3 is 0 Å². The smallest absolute Gasteiger partial charge is 0.0810 e. The Kier molecular flexibility index (Phi) is 1.68. The Labute approximate surface area is 60.2 Å². The van der Waals surface area contributed by atoms with Crippen LogP contribution in [0.4, 0.5) is 0 Å². The molecule has 0 aromatic heterocycles. The molecule has 2 atom stereocenters. The SMILES string of the molecule is C(CC1CO1)CC1CS1. The lowest BCUT2D eigenvalue weighted by atomic mass is 10.2. The highest BCUT2D eigenvalue weighted by atomic mass is 32.2. The molecule has 0 spiro atoms. The van der Waals surface area contributed by atoms with Crippen LogP contribution in [0.1, 0.15) is 19.3 Å². The standard InChI is InChI=1S/C7H12OS/c1(2-6-4-8-6)3-7-5-9-7/h6-7H,1-5H2. The topological polar surface area (TPSA) is 12.5 Å². The number of ether oxygens (including phenoxy) is 1. The second-order valence-electron chi connectivity index (χ2n) is 2.84. The Balaban J connectivity index is 1.46. The van der Waals surface area contributed by atoms with Crippen molar-refractivity contribution >= 4 is 11.8 Å². The molecule has 0 saturated carbocycles. The predicted octanol–water partition coefficient (Wildman–Crippen LogP) is 1.67. The van der Waals surface area contributed by atoms with E-state index in [9.17, 15) is 0 Å². The van der Waals surface area contributed by atoms with Gasteiger partial charge < -0.3 is 4.74 Å². The lowest BCUT2D eigenvalue weighted by Gasteiger charge is -1.91. The van der Waals surface area contributed by atoms with E-state index in [1.807, 2.05) is 0 Å². The molecule has 0 aromatic rings. The van der Waals surface area contributed by atoms with Gasteiger partial charge in [0, 0.05) is 11.0 Å². The van der Waals surface area contributed by atoms with E-state index in [1.165, 1.54) is 25.0 Å². The summed E-state index contributed by atoms with van der Waals surface area (Å²) in [4.78, 5) is 0. The lowest BCUT2D eigenvalue weighted by molar-refractivity contribution is 0.390. The summed E-state index contributed by atoms with van der Waals surface area (Å²) in [5.74, 6) is 1.42. The Morgan fingerprint density at radius 3 is 2.78 bits per heavy atom. The Bertz CT molecular complexity index is 85.1. The summed E-state index contributed by atoms with van der Waals surface area (Å²) in [5, 5.41) is 1.03. The molecule has 2 aliphatic heterocycles. The van der Waals surface area contributed by atoms with Crippen molar-refractivity contribution in [2.75, 3.05) is 12.4 Å². The van der Waals surface area contributed by atoms with Gasteiger partial charge in [0.15, 0.2) is 0 Å². The number of rotatable bonds is 4. The van der Waals surface area contributed by atoms with Crippen LogP contribution in [0.25, 0.3) is 0 Å². The average molecular weight is 144 g/mol. The van der Waals surface area contributed by atoms with Crippen LogP contribution in [0.5, 0.6) is 0 Å². The molecule has 0 radical (unpaired) electrons. The highest BCUT2D eigenvalue weighted by Crippen LogP contribution is 2.34. The third kappa shape index (κ3) is 2.18. The largest absolute Gasteiger partial charge is 0.373 e. The van der Waals surface area contributed by atoms with Crippen molar-refractivity contribution in [3.05, 3.63) is 0 Å². The Morgan fingerprint density at radius 1 is 1.44 bits per heavy atom. The van der Waals surface area contributed by atoms with Crippen LogP contribution in [0.3, 0.4) is 0 Å². The number of hydrogen-bond acceptors (Lipinski definition) is 2. The van der Waals surface area contributed by atoms with Gasteiger partial charge in [-0.1, -0.05) is 0 Å². The molecule has 2 heteroatoms. The quantitative estimate of drug-likeness (QED) is 0.556. The zero-order chi connectivity index (χ0) is 6.10. The van der Waals surface area contributed by atoms with E-state index in [1.54, 1.807) is 0 Å². The van der Waals surface area contributed by atoms with E-state index in [4.69, 9.17) is 4.74 Å². The van der Waals surface area contributed by atoms with E-state index < -0.39 is 0 Å². The second-order valence-corrected chi connectivity index (χ2v) is 4.17. The minimum atomic E-state index is 0.661. The van der Waals surface area contributed by atoms with Crippen LogP contribution in [0.2, 0.25) is 0 Å². The minimum Gasteiger partial charge on any atom is -0.373 e. The van der Waals surface area contributed by atoms with Crippen LogP contribution in [0, 0.1) is 0 Å². The summed E-state index contributed by atoms with van der Waals surface area (Å²) in [6, 6.07) is 0. The molecule has 0 bridgehead atoms. The van der Waals surface area contributed by atoms with Crippen molar-refractivity contribution in [2.24, 2.45) is 0 Å². The van der Waals surface area contributed by atoms with Crippen molar-refractivity contribution < 1.29 is 4.74 Å². The molecule has 0 aromatic carbocycles. The summed E-state index contributed by atoms with van der Waals surface area (Å²) in [7, 11) is 0. The second kappa shape index (κ2) is 2.51. The van der Waals surface area contributed by atoms with Crippen LogP contribution in [-0.2, 0) is 4.74 Å². The molecule has 0 aliphatic carbocycles. The molecular formula is C7H12OS. The van der Waals surface area contributed by atoms with Crippen molar-refractivity contribution in [1.29, 1.82) is 0 Å². The minimum absolute atomic E-state index is 0.661. The summed E-state index contributed by atoms with van der Waals surface area (Å²) >= 11 is 2.10. The summed E-state index contributed by atoms with van der Waals surface area (Å²) in [5.41, 5.74) is 0. The van der Waals surface area contributed by atoms with E-state index in [0.717, 1.165) is 11.9 Å².